The molecular formula is C13H18BrNO. The average Bonchev–Trinajstić information content (AvgIpc) is 2.23. The Kier molecular flexibility index (Phi) is 3.67. The second-order valence-corrected chi connectivity index (χ2v) is 5.57. The Morgan fingerprint density at radius 3 is 2.69 bits per heavy atom. The summed E-state index contributed by atoms with van der Waals surface area (Å²) in [6, 6.07) is 8.60. The maximum Gasteiger partial charge on any atom is 0.0505 e. The Morgan fingerprint density at radius 1 is 1.50 bits per heavy atom. The van der Waals surface area contributed by atoms with Crippen molar-refractivity contribution in [2.75, 3.05) is 13.7 Å². The lowest BCUT2D eigenvalue weighted by Crippen LogP contribution is -2.44. The molecule has 2 N–H and O–H groups in total. The maximum atomic E-state index is 9.62. The summed E-state index contributed by atoms with van der Waals surface area (Å²) in [4.78, 5) is 0. The van der Waals surface area contributed by atoms with Gasteiger partial charge in [0.05, 0.1) is 6.61 Å². The zero-order valence-electron chi connectivity index (χ0n) is 9.54. The Labute approximate surface area is 105 Å². The van der Waals surface area contributed by atoms with Crippen LogP contribution < -0.4 is 5.32 Å². The SMILES string of the molecule is CNC(c1cccc(Br)c1)C1(CO)CCC1. The Bertz CT molecular complexity index is 357. The highest BCUT2D eigenvalue weighted by atomic mass is 79.9. The molecule has 0 aliphatic heterocycles. The Morgan fingerprint density at radius 2 is 2.25 bits per heavy atom. The fourth-order valence-corrected chi connectivity index (χ4v) is 3.10. The van der Waals surface area contributed by atoms with Gasteiger partial charge in [-0.25, -0.2) is 0 Å². The summed E-state index contributed by atoms with van der Waals surface area (Å²) >= 11 is 3.50. The van der Waals surface area contributed by atoms with E-state index in [2.05, 4.69) is 33.4 Å². The van der Waals surface area contributed by atoms with E-state index >= 15 is 0 Å². The van der Waals surface area contributed by atoms with Gasteiger partial charge in [-0.15, -0.1) is 0 Å². The highest BCUT2D eigenvalue weighted by molar-refractivity contribution is 9.10. The number of halogens is 1. The van der Waals surface area contributed by atoms with E-state index in [4.69, 9.17) is 0 Å². The number of hydrogen-bond acceptors (Lipinski definition) is 2. The maximum absolute atomic E-state index is 9.62. The van der Waals surface area contributed by atoms with Crippen LogP contribution in [0.3, 0.4) is 0 Å². The number of aliphatic hydroxyl groups excluding tert-OH is 1. The van der Waals surface area contributed by atoms with Crippen LogP contribution in [0.2, 0.25) is 0 Å². The summed E-state index contributed by atoms with van der Waals surface area (Å²) in [6.07, 6.45) is 3.45. The monoisotopic (exact) mass is 283 g/mol. The molecule has 1 aromatic rings. The lowest BCUT2D eigenvalue weighted by molar-refractivity contribution is 0.00781. The molecule has 1 atom stereocenters. The lowest BCUT2D eigenvalue weighted by Gasteiger charge is -2.46. The third-order valence-corrected chi connectivity index (χ3v) is 4.24. The molecule has 0 spiro atoms. The molecule has 16 heavy (non-hydrogen) atoms. The molecule has 1 aliphatic rings. The first kappa shape index (κ1) is 12.1. The predicted molar refractivity (Wildman–Crippen MR) is 69.3 cm³/mol. The Balaban J connectivity index is 2.28. The van der Waals surface area contributed by atoms with Gasteiger partial charge in [0.2, 0.25) is 0 Å². The highest BCUT2D eigenvalue weighted by Gasteiger charge is 2.43. The predicted octanol–water partition coefficient (Wildman–Crippen LogP) is 2.87. The molecule has 0 heterocycles. The summed E-state index contributed by atoms with van der Waals surface area (Å²) in [5.74, 6) is 0. The molecule has 0 radical (unpaired) electrons. The first-order valence-electron chi connectivity index (χ1n) is 5.75. The van der Waals surface area contributed by atoms with Crippen molar-refractivity contribution in [3.05, 3.63) is 34.3 Å². The number of benzene rings is 1. The van der Waals surface area contributed by atoms with E-state index in [1.165, 1.54) is 12.0 Å². The topological polar surface area (TPSA) is 32.3 Å². The second-order valence-electron chi connectivity index (χ2n) is 4.65. The highest BCUT2D eigenvalue weighted by Crippen LogP contribution is 2.49. The first-order valence-corrected chi connectivity index (χ1v) is 6.55. The normalized spacial score (nSPS) is 20.2. The summed E-state index contributed by atoms with van der Waals surface area (Å²) in [5.41, 5.74) is 1.31. The van der Waals surface area contributed by atoms with E-state index < -0.39 is 0 Å². The van der Waals surface area contributed by atoms with Crippen LogP contribution in [0.15, 0.2) is 28.7 Å². The molecule has 1 unspecified atom stereocenters. The zero-order chi connectivity index (χ0) is 11.6. The van der Waals surface area contributed by atoms with Gasteiger partial charge in [0.1, 0.15) is 0 Å². The van der Waals surface area contributed by atoms with Crippen molar-refractivity contribution in [2.24, 2.45) is 5.41 Å². The van der Waals surface area contributed by atoms with Gasteiger partial charge in [0, 0.05) is 15.9 Å². The summed E-state index contributed by atoms with van der Waals surface area (Å²) < 4.78 is 1.10. The van der Waals surface area contributed by atoms with E-state index in [-0.39, 0.29) is 18.1 Å². The van der Waals surface area contributed by atoms with Gasteiger partial charge in [0.25, 0.3) is 0 Å². The fourth-order valence-electron chi connectivity index (χ4n) is 2.68. The molecule has 1 aliphatic carbocycles. The molecular weight excluding hydrogens is 266 g/mol. The zero-order valence-corrected chi connectivity index (χ0v) is 11.1. The number of rotatable bonds is 4. The van der Waals surface area contributed by atoms with Gasteiger partial charge < -0.3 is 10.4 Å². The minimum absolute atomic E-state index is 0.0511. The summed E-state index contributed by atoms with van der Waals surface area (Å²) in [7, 11) is 1.97. The van der Waals surface area contributed by atoms with Crippen molar-refractivity contribution in [2.45, 2.75) is 25.3 Å². The molecule has 0 bridgehead atoms. The Hall–Kier alpha value is -0.380. The molecule has 2 nitrogen and oxygen atoms in total. The van der Waals surface area contributed by atoms with E-state index in [1.807, 2.05) is 19.2 Å². The molecule has 0 amide bonds. The first-order chi connectivity index (χ1) is 7.72. The molecule has 2 rings (SSSR count). The average molecular weight is 284 g/mol. The van der Waals surface area contributed by atoms with E-state index in [1.54, 1.807) is 0 Å². The largest absolute Gasteiger partial charge is 0.396 e. The van der Waals surface area contributed by atoms with Crippen molar-refractivity contribution in [1.29, 1.82) is 0 Å². The van der Waals surface area contributed by atoms with Crippen LogP contribution in [0.4, 0.5) is 0 Å². The van der Waals surface area contributed by atoms with Crippen molar-refractivity contribution < 1.29 is 5.11 Å². The molecule has 3 heteroatoms. The van der Waals surface area contributed by atoms with E-state index in [9.17, 15) is 5.11 Å². The van der Waals surface area contributed by atoms with Gasteiger partial charge in [-0.3, -0.25) is 0 Å². The molecule has 88 valence electrons. The van der Waals surface area contributed by atoms with Crippen LogP contribution in [-0.2, 0) is 0 Å². The third-order valence-electron chi connectivity index (χ3n) is 3.75. The van der Waals surface area contributed by atoms with Crippen molar-refractivity contribution in [3.8, 4) is 0 Å². The quantitative estimate of drug-likeness (QED) is 0.891. The van der Waals surface area contributed by atoms with Crippen molar-refractivity contribution in [3.63, 3.8) is 0 Å². The van der Waals surface area contributed by atoms with Gasteiger partial charge >= 0.3 is 0 Å². The van der Waals surface area contributed by atoms with Crippen LogP contribution in [0.1, 0.15) is 30.9 Å². The number of hydrogen-bond donors (Lipinski definition) is 2. The molecule has 1 fully saturated rings. The smallest absolute Gasteiger partial charge is 0.0505 e. The van der Waals surface area contributed by atoms with Crippen LogP contribution in [0, 0.1) is 5.41 Å². The van der Waals surface area contributed by atoms with E-state index in [0.29, 0.717) is 0 Å². The van der Waals surface area contributed by atoms with Gasteiger partial charge in [-0.2, -0.15) is 0 Å². The van der Waals surface area contributed by atoms with Gasteiger partial charge in [0.15, 0.2) is 0 Å². The van der Waals surface area contributed by atoms with Gasteiger partial charge in [-0.1, -0.05) is 34.5 Å². The van der Waals surface area contributed by atoms with Crippen LogP contribution in [-0.4, -0.2) is 18.8 Å². The van der Waals surface area contributed by atoms with Crippen LogP contribution >= 0.6 is 15.9 Å². The summed E-state index contributed by atoms with van der Waals surface area (Å²) in [6.45, 7) is 0.269. The lowest BCUT2D eigenvalue weighted by atomic mass is 9.63. The standard InChI is InChI=1S/C13H18BrNO/c1-15-12(13(9-16)6-3-7-13)10-4-2-5-11(14)8-10/h2,4-5,8,12,15-16H,3,6-7,9H2,1H3. The minimum atomic E-state index is 0.0511. The number of nitrogens with one attached hydrogen (secondary N) is 1. The third kappa shape index (κ3) is 2.04. The minimum Gasteiger partial charge on any atom is -0.396 e. The van der Waals surface area contributed by atoms with Gasteiger partial charge in [-0.05, 0) is 37.6 Å². The van der Waals surface area contributed by atoms with Crippen molar-refractivity contribution >= 4 is 15.9 Å². The van der Waals surface area contributed by atoms with Crippen LogP contribution in [0.25, 0.3) is 0 Å². The summed E-state index contributed by atoms with van der Waals surface area (Å²) in [5, 5.41) is 13.0. The fraction of sp³-hybridized carbons (Fsp3) is 0.538. The molecule has 0 aromatic heterocycles. The second kappa shape index (κ2) is 4.86. The molecule has 1 saturated carbocycles. The molecule has 0 saturated heterocycles. The molecule has 1 aromatic carbocycles. The van der Waals surface area contributed by atoms with Crippen LogP contribution in [0.5, 0.6) is 0 Å². The number of aliphatic hydroxyl groups is 1. The van der Waals surface area contributed by atoms with E-state index in [0.717, 1.165) is 17.3 Å². The van der Waals surface area contributed by atoms with Crippen molar-refractivity contribution in [1.82, 2.24) is 5.32 Å².